The summed E-state index contributed by atoms with van der Waals surface area (Å²) in [5, 5.41) is 0. The summed E-state index contributed by atoms with van der Waals surface area (Å²) in [5.74, 6) is 1.24. The second-order valence-corrected chi connectivity index (χ2v) is 6.98. The molecule has 0 aliphatic carbocycles. The molecule has 0 bridgehead atoms. The summed E-state index contributed by atoms with van der Waals surface area (Å²) < 4.78 is 11.4. The van der Waals surface area contributed by atoms with Crippen molar-refractivity contribution in [2.45, 2.75) is 45.2 Å². The van der Waals surface area contributed by atoms with Crippen LogP contribution in [0.25, 0.3) is 0 Å². The minimum atomic E-state index is -0.0822. The molecule has 2 heterocycles. The summed E-state index contributed by atoms with van der Waals surface area (Å²) in [6.45, 7) is 9.58. The van der Waals surface area contributed by atoms with Gasteiger partial charge in [-0.25, -0.2) is 0 Å². The number of hydrogen-bond donors (Lipinski definition) is 0. The van der Waals surface area contributed by atoms with Gasteiger partial charge < -0.3 is 14.4 Å². The number of carbonyl (C=O) groups is 1. The average Bonchev–Trinajstić information content (AvgIpc) is 2.74. The molecule has 0 N–H and O–H groups in total. The van der Waals surface area contributed by atoms with Crippen LogP contribution in [0.4, 0.5) is 0 Å². The summed E-state index contributed by atoms with van der Waals surface area (Å²) in [5.41, 5.74) is 1.12. The van der Waals surface area contributed by atoms with Crippen LogP contribution in [0.5, 0.6) is 5.75 Å². The molecule has 0 aromatic heterocycles. The highest BCUT2D eigenvalue weighted by atomic mass is 16.5. The predicted molar refractivity (Wildman–Crippen MR) is 97.7 cm³/mol. The maximum absolute atomic E-state index is 12.7. The number of amides is 1. The van der Waals surface area contributed by atoms with Gasteiger partial charge in [0.05, 0.1) is 12.1 Å². The summed E-state index contributed by atoms with van der Waals surface area (Å²) in [6, 6.07) is 8.24. The first kappa shape index (κ1) is 18.2. The minimum Gasteiger partial charge on any atom is -0.494 e. The molecule has 2 aliphatic heterocycles. The molecule has 2 aliphatic rings. The number of likely N-dealkylation sites (N-methyl/N-ethyl adjacent to an activating group) is 1. The normalized spacial score (nSPS) is 21.4. The molecule has 5 nitrogen and oxygen atoms in total. The Morgan fingerprint density at radius 1 is 1.20 bits per heavy atom. The zero-order valence-corrected chi connectivity index (χ0v) is 15.5. The Kier molecular flexibility index (Phi) is 5.97. The molecule has 25 heavy (non-hydrogen) atoms. The topological polar surface area (TPSA) is 42.0 Å². The number of carbonyl (C=O) groups excluding carboxylic acids is 1. The first-order chi connectivity index (χ1) is 12.2. The molecule has 2 fully saturated rings. The highest BCUT2D eigenvalue weighted by molar-refractivity contribution is 5.77. The molecule has 0 radical (unpaired) electrons. The highest BCUT2D eigenvalue weighted by Crippen LogP contribution is 2.33. The van der Waals surface area contributed by atoms with E-state index in [2.05, 4.69) is 28.9 Å². The van der Waals surface area contributed by atoms with Gasteiger partial charge in [0, 0.05) is 51.4 Å². The van der Waals surface area contributed by atoms with E-state index in [1.807, 2.05) is 19.1 Å². The second kappa shape index (κ2) is 8.19. The van der Waals surface area contributed by atoms with Gasteiger partial charge in [0.25, 0.3) is 0 Å². The van der Waals surface area contributed by atoms with E-state index in [1.165, 1.54) is 5.56 Å². The lowest BCUT2D eigenvalue weighted by atomic mass is 9.87. The number of benzene rings is 1. The van der Waals surface area contributed by atoms with Crippen LogP contribution in [0.3, 0.4) is 0 Å². The van der Waals surface area contributed by atoms with Gasteiger partial charge in [-0.1, -0.05) is 18.2 Å². The van der Waals surface area contributed by atoms with Crippen molar-refractivity contribution >= 4 is 5.91 Å². The van der Waals surface area contributed by atoms with Gasteiger partial charge in [-0.05, 0) is 32.8 Å². The smallest absolute Gasteiger partial charge is 0.224 e. The molecule has 2 saturated heterocycles. The van der Waals surface area contributed by atoms with Crippen molar-refractivity contribution in [3.05, 3.63) is 29.8 Å². The van der Waals surface area contributed by atoms with Crippen molar-refractivity contribution < 1.29 is 14.3 Å². The summed E-state index contributed by atoms with van der Waals surface area (Å²) in [4.78, 5) is 17.3. The van der Waals surface area contributed by atoms with Crippen LogP contribution < -0.4 is 4.74 Å². The van der Waals surface area contributed by atoms with Gasteiger partial charge in [0.1, 0.15) is 5.75 Å². The molecule has 3 rings (SSSR count). The first-order valence-electron chi connectivity index (χ1n) is 9.50. The molecule has 0 saturated carbocycles. The zero-order chi connectivity index (χ0) is 17.7. The molecular formula is C20H30N2O3. The number of para-hydroxylation sites is 1. The number of hydrogen-bond acceptors (Lipinski definition) is 4. The van der Waals surface area contributed by atoms with Crippen molar-refractivity contribution in [2.24, 2.45) is 0 Å². The van der Waals surface area contributed by atoms with Crippen LogP contribution >= 0.6 is 0 Å². The summed E-state index contributed by atoms with van der Waals surface area (Å²) in [7, 11) is 0. The van der Waals surface area contributed by atoms with Gasteiger partial charge >= 0.3 is 0 Å². The lowest BCUT2D eigenvalue weighted by Crippen LogP contribution is -2.58. The van der Waals surface area contributed by atoms with Gasteiger partial charge in [-0.15, -0.1) is 0 Å². The molecule has 1 amide bonds. The van der Waals surface area contributed by atoms with Crippen molar-refractivity contribution in [1.29, 1.82) is 0 Å². The third kappa shape index (κ3) is 3.98. The summed E-state index contributed by atoms with van der Waals surface area (Å²) in [6.07, 6.45) is 2.44. The molecule has 0 atom stereocenters. The van der Waals surface area contributed by atoms with E-state index in [0.29, 0.717) is 13.0 Å². The molecule has 0 unspecified atom stereocenters. The van der Waals surface area contributed by atoms with Crippen LogP contribution in [0.15, 0.2) is 24.3 Å². The fraction of sp³-hybridized carbons (Fsp3) is 0.650. The number of ether oxygens (including phenoxy) is 2. The Balaban J connectivity index is 1.82. The Morgan fingerprint density at radius 3 is 2.68 bits per heavy atom. The third-order valence-corrected chi connectivity index (χ3v) is 5.44. The largest absolute Gasteiger partial charge is 0.494 e. The molecular weight excluding hydrogens is 316 g/mol. The predicted octanol–water partition coefficient (Wildman–Crippen LogP) is 2.69. The van der Waals surface area contributed by atoms with Gasteiger partial charge in [-0.2, -0.15) is 0 Å². The molecule has 1 aromatic rings. The fourth-order valence-electron chi connectivity index (χ4n) is 4.23. The van der Waals surface area contributed by atoms with E-state index >= 15 is 0 Å². The number of nitrogens with zero attached hydrogens (tertiary/aromatic N) is 2. The standard InChI is InChI=1S/C20H30N2O3/c1-3-22-19(23)9-12-21(16-20(22)10-13-24-14-11-20)15-17-7-5-6-8-18(17)25-4-2/h5-8H,3-4,9-16H2,1-2H3. The van der Waals surface area contributed by atoms with E-state index in [1.54, 1.807) is 0 Å². The molecule has 1 spiro atoms. The number of rotatable bonds is 5. The van der Waals surface area contributed by atoms with Crippen LogP contribution in [-0.2, 0) is 16.1 Å². The maximum atomic E-state index is 12.7. The quantitative estimate of drug-likeness (QED) is 0.822. The Morgan fingerprint density at radius 2 is 1.96 bits per heavy atom. The van der Waals surface area contributed by atoms with Crippen LogP contribution in [0.1, 0.15) is 38.7 Å². The average molecular weight is 346 g/mol. The van der Waals surface area contributed by atoms with E-state index in [9.17, 15) is 4.79 Å². The lowest BCUT2D eigenvalue weighted by molar-refractivity contribution is -0.140. The Hall–Kier alpha value is -1.59. The van der Waals surface area contributed by atoms with E-state index in [0.717, 1.165) is 58.0 Å². The lowest BCUT2D eigenvalue weighted by Gasteiger charge is -2.46. The van der Waals surface area contributed by atoms with E-state index < -0.39 is 0 Å². The maximum Gasteiger partial charge on any atom is 0.224 e. The SMILES string of the molecule is CCOc1ccccc1CN1CCC(=O)N(CC)C2(CCOCC2)C1. The van der Waals surface area contributed by atoms with E-state index in [4.69, 9.17) is 9.47 Å². The Labute approximate surface area is 150 Å². The Bertz CT molecular complexity index is 584. The van der Waals surface area contributed by atoms with Crippen molar-refractivity contribution in [1.82, 2.24) is 9.80 Å². The van der Waals surface area contributed by atoms with Crippen LogP contribution in [0.2, 0.25) is 0 Å². The van der Waals surface area contributed by atoms with Crippen LogP contribution in [-0.4, -0.2) is 60.7 Å². The van der Waals surface area contributed by atoms with Crippen molar-refractivity contribution in [2.75, 3.05) is 39.5 Å². The first-order valence-corrected chi connectivity index (χ1v) is 9.50. The molecule has 138 valence electrons. The highest BCUT2D eigenvalue weighted by Gasteiger charge is 2.43. The molecule has 1 aromatic carbocycles. The van der Waals surface area contributed by atoms with Gasteiger partial charge in [-0.3, -0.25) is 9.69 Å². The molecule has 5 heteroatoms. The van der Waals surface area contributed by atoms with Gasteiger partial charge in [0.15, 0.2) is 0 Å². The monoisotopic (exact) mass is 346 g/mol. The minimum absolute atomic E-state index is 0.0822. The zero-order valence-electron chi connectivity index (χ0n) is 15.5. The van der Waals surface area contributed by atoms with E-state index in [-0.39, 0.29) is 11.4 Å². The third-order valence-electron chi connectivity index (χ3n) is 5.44. The van der Waals surface area contributed by atoms with Gasteiger partial charge in [0.2, 0.25) is 5.91 Å². The van der Waals surface area contributed by atoms with Crippen molar-refractivity contribution in [3.63, 3.8) is 0 Å². The summed E-state index contributed by atoms with van der Waals surface area (Å²) >= 11 is 0. The van der Waals surface area contributed by atoms with Crippen LogP contribution in [0, 0.1) is 0 Å². The van der Waals surface area contributed by atoms with Crippen molar-refractivity contribution in [3.8, 4) is 5.75 Å². The fourth-order valence-corrected chi connectivity index (χ4v) is 4.23. The second-order valence-electron chi connectivity index (χ2n) is 6.98.